The maximum atomic E-state index is 12.5. The van der Waals surface area contributed by atoms with Crippen LogP contribution in [0.1, 0.15) is 32.8 Å². The fourth-order valence-corrected chi connectivity index (χ4v) is 4.50. The lowest BCUT2D eigenvalue weighted by Crippen LogP contribution is -2.21. The molecule has 1 fully saturated rings. The predicted octanol–water partition coefficient (Wildman–Crippen LogP) is 5.26. The number of nitro benzene ring substituents is 1. The number of carbonyl (C=O) groups is 1. The van der Waals surface area contributed by atoms with Crippen LogP contribution in [0.25, 0.3) is 16.7 Å². The van der Waals surface area contributed by atoms with Crippen LogP contribution in [0.4, 0.5) is 5.69 Å². The van der Waals surface area contributed by atoms with Crippen molar-refractivity contribution in [1.29, 1.82) is 0 Å². The second kappa shape index (κ2) is 7.96. The van der Waals surface area contributed by atoms with Crippen LogP contribution in [-0.4, -0.2) is 20.3 Å². The Hall–Kier alpha value is -2.71. The lowest BCUT2D eigenvalue weighted by molar-refractivity contribution is -0.385. The van der Waals surface area contributed by atoms with Crippen molar-refractivity contribution in [3.8, 4) is 16.9 Å². The van der Waals surface area contributed by atoms with Crippen molar-refractivity contribution in [3.63, 3.8) is 0 Å². The molecule has 0 atom stereocenters. The van der Waals surface area contributed by atoms with Crippen LogP contribution in [0.15, 0.2) is 47.4 Å². The molecular weight excluding hydrogens is 408 g/mol. The van der Waals surface area contributed by atoms with Crippen LogP contribution in [-0.2, 0) is 4.79 Å². The van der Waals surface area contributed by atoms with E-state index in [4.69, 9.17) is 12.2 Å². The standard InChI is InChI=1S/C21H20N2O4S2/c1-4-21(2,3)17(18-19(25)22-20(28)29-18)14-7-5-6-12(10-14)13-8-9-16(24)15(11-13)23(26)27/h5-11,24H,4H2,1-3H3,(H,22,25,28). The number of nitrogens with zero attached hydrogens (tertiary/aromatic N) is 1. The Kier molecular flexibility index (Phi) is 5.77. The Bertz CT molecular complexity index is 1060. The van der Waals surface area contributed by atoms with Gasteiger partial charge in [0.25, 0.3) is 5.91 Å². The summed E-state index contributed by atoms with van der Waals surface area (Å²) in [6.45, 7) is 6.20. The molecule has 0 unspecified atom stereocenters. The van der Waals surface area contributed by atoms with Gasteiger partial charge in [-0.3, -0.25) is 14.9 Å². The molecule has 0 bridgehead atoms. The Morgan fingerprint density at radius 1 is 1.24 bits per heavy atom. The van der Waals surface area contributed by atoms with Crippen LogP contribution in [0, 0.1) is 15.5 Å². The molecule has 2 aromatic rings. The zero-order valence-electron chi connectivity index (χ0n) is 16.2. The third kappa shape index (κ3) is 4.18. The second-order valence-electron chi connectivity index (χ2n) is 7.33. The van der Waals surface area contributed by atoms with Gasteiger partial charge in [0.1, 0.15) is 4.32 Å². The van der Waals surface area contributed by atoms with Gasteiger partial charge in [0, 0.05) is 6.07 Å². The minimum atomic E-state index is -0.614. The highest BCUT2D eigenvalue weighted by Crippen LogP contribution is 2.45. The molecule has 1 aliphatic heterocycles. The van der Waals surface area contributed by atoms with Gasteiger partial charge >= 0.3 is 5.69 Å². The number of thiocarbonyl (C=S) groups is 1. The molecule has 1 heterocycles. The molecule has 1 amide bonds. The Balaban J connectivity index is 2.18. The van der Waals surface area contributed by atoms with Crippen LogP contribution in [0.2, 0.25) is 0 Å². The van der Waals surface area contributed by atoms with Gasteiger partial charge in [0.15, 0.2) is 5.75 Å². The molecule has 0 radical (unpaired) electrons. The van der Waals surface area contributed by atoms with E-state index in [9.17, 15) is 20.0 Å². The number of thioether (sulfide) groups is 1. The van der Waals surface area contributed by atoms with E-state index >= 15 is 0 Å². The SMILES string of the molecule is CCC(C)(C)C(=C1SC(=S)NC1=O)c1cccc(-c2ccc(O)c([N+](=O)[O-])c2)c1. The molecule has 1 aliphatic rings. The molecule has 150 valence electrons. The number of rotatable bonds is 5. The number of hydrogen-bond acceptors (Lipinski definition) is 6. The molecule has 6 nitrogen and oxygen atoms in total. The molecule has 2 aromatic carbocycles. The summed E-state index contributed by atoms with van der Waals surface area (Å²) in [5.74, 6) is -0.584. The average Bonchev–Trinajstić information content (AvgIpc) is 2.99. The maximum Gasteiger partial charge on any atom is 0.311 e. The normalized spacial score (nSPS) is 16.0. The van der Waals surface area contributed by atoms with E-state index in [0.717, 1.165) is 23.1 Å². The van der Waals surface area contributed by atoms with Crippen LogP contribution in [0.5, 0.6) is 5.75 Å². The minimum Gasteiger partial charge on any atom is -0.502 e. The van der Waals surface area contributed by atoms with Gasteiger partial charge in [-0.05, 0) is 46.2 Å². The Labute approximate surface area is 178 Å². The van der Waals surface area contributed by atoms with Crippen molar-refractivity contribution >= 4 is 45.5 Å². The summed E-state index contributed by atoms with van der Waals surface area (Å²) >= 11 is 6.42. The highest BCUT2D eigenvalue weighted by Gasteiger charge is 2.33. The zero-order valence-corrected chi connectivity index (χ0v) is 17.8. The maximum absolute atomic E-state index is 12.5. The van der Waals surface area contributed by atoms with Crippen molar-refractivity contribution in [1.82, 2.24) is 5.32 Å². The second-order valence-corrected chi connectivity index (χ2v) is 9.01. The molecular formula is C21H20N2O4S2. The van der Waals surface area contributed by atoms with E-state index in [1.54, 1.807) is 6.07 Å². The molecule has 29 heavy (non-hydrogen) atoms. The molecule has 3 rings (SSSR count). The first-order valence-electron chi connectivity index (χ1n) is 9.00. The van der Waals surface area contributed by atoms with Gasteiger partial charge in [-0.15, -0.1) is 0 Å². The monoisotopic (exact) mass is 428 g/mol. The smallest absolute Gasteiger partial charge is 0.311 e. The number of benzene rings is 2. The highest BCUT2D eigenvalue weighted by atomic mass is 32.2. The van der Waals surface area contributed by atoms with Crippen molar-refractivity contribution in [2.24, 2.45) is 5.41 Å². The first-order valence-corrected chi connectivity index (χ1v) is 10.2. The molecule has 2 N–H and O–H groups in total. The van der Waals surface area contributed by atoms with E-state index in [1.807, 2.05) is 24.3 Å². The van der Waals surface area contributed by atoms with Gasteiger partial charge in [-0.25, -0.2) is 0 Å². The lowest BCUT2D eigenvalue weighted by atomic mass is 9.77. The summed E-state index contributed by atoms with van der Waals surface area (Å²) < 4.78 is 0.430. The molecule has 0 aliphatic carbocycles. The summed E-state index contributed by atoms with van der Waals surface area (Å²) in [4.78, 5) is 23.6. The summed E-state index contributed by atoms with van der Waals surface area (Å²) in [5, 5.41) is 23.6. The van der Waals surface area contributed by atoms with E-state index in [2.05, 4.69) is 26.1 Å². The van der Waals surface area contributed by atoms with Crippen molar-refractivity contribution in [2.45, 2.75) is 27.2 Å². The van der Waals surface area contributed by atoms with E-state index < -0.39 is 4.92 Å². The minimum absolute atomic E-state index is 0.206. The molecule has 8 heteroatoms. The molecule has 0 saturated carbocycles. The molecule has 0 aromatic heterocycles. The largest absolute Gasteiger partial charge is 0.502 e. The van der Waals surface area contributed by atoms with Crippen LogP contribution >= 0.6 is 24.0 Å². The zero-order chi connectivity index (χ0) is 21.3. The van der Waals surface area contributed by atoms with Gasteiger partial charge in [0.2, 0.25) is 0 Å². The number of nitrogens with one attached hydrogen (secondary N) is 1. The highest BCUT2D eigenvalue weighted by molar-refractivity contribution is 8.26. The third-order valence-corrected chi connectivity index (χ3v) is 6.29. The number of amides is 1. The van der Waals surface area contributed by atoms with Crippen LogP contribution < -0.4 is 5.32 Å². The fraction of sp³-hybridized carbons (Fsp3) is 0.238. The van der Waals surface area contributed by atoms with E-state index in [-0.39, 0.29) is 22.8 Å². The quantitative estimate of drug-likeness (QED) is 0.292. The third-order valence-electron chi connectivity index (χ3n) is 5.06. The number of allylic oxidation sites excluding steroid dienone is 1. The summed E-state index contributed by atoms with van der Waals surface area (Å²) in [7, 11) is 0. The van der Waals surface area contributed by atoms with E-state index in [0.29, 0.717) is 14.8 Å². The lowest BCUT2D eigenvalue weighted by Gasteiger charge is -2.28. The first-order chi connectivity index (χ1) is 13.6. The summed E-state index contributed by atoms with van der Waals surface area (Å²) in [6, 6.07) is 11.8. The van der Waals surface area contributed by atoms with Crippen molar-refractivity contribution in [3.05, 3.63) is 63.0 Å². The first kappa shape index (κ1) is 21.0. The van der Waals surface area contributed by atoms with Gasteiger partial charge in [-0.1, -0.05) is 69.0 Å². The van der Waals surface area contributed by atoms with Crippen LogP contribution in [0.3, 0.4) is 0 Å². The van der Waals surface area contributed by atoms with Gasteiger partial charge in [-0.2, -0.15) is 0 Å². The van der Waals surface area contributed by atoms with Crippen molar-refractivity contribution in [2.75, 3.05) is 0 Å². The van der Waals surface area contributed by atoms with E-state index in [1.165, 1.54) is 23.9 Å². The number of carbonyl (C=O) groups excluding carboxylic acids is 1. The van der Waals surface area contributed by atoms with Gasteiger partial charge < -0.3 is 10.4 Å². The Morgan fingerprint density at radius 2 is 1.93 bits per heavy atom. The van der Waals surface area contributed by atoms with Gasteiger partial charge in [0.05, 0.1) is 9.83 Å². The topological polar surface area (TPSA) is 92.5 Å². The summed E-state index contributed by atoms with van der Waals surface area (Å²) in [5.41, 5.74) is 2.45. The summed E-state index contributed by atoms with van der Waals surface area (Å²) in [6.07, 6.45) is 0.807. The number of aromatic hydroxyl groups is 1. The number of nitro groups is 1. The number of phenols is 1. The molecule has 1 saturated heterocycles. The molecule has 0 spiro atoms. The average molecular weight is 429 g/mol. The fourth-order valence-electron chi connectivity index (χ4n) is 3.19. The predicted molar refractivity (Wildman–Crippen MR) is 120 cm³/mol. The number of hydrogen-bond donors (Lipinski definition) is 2. The Morgan fingerprint density at radius 3 is 2.52 bits per heavy atom. The van der Waals surface area contributed by atoms with Crippen molar-refractivity contribution < 1.29 is 14.8 Å². The number of phenolic OH excluding ortho intramolecular Hbond substituents is 1.